The average molecular weight is 279 g/mol. The molecule has 19 heavy (non-hydrogen) atoms. The summed E-state index contributed by atoms with van der Waals surface area (Å²) in [7, 11) is 0. The molecule has 2 N–H and O–H groups in total. The third-order valence-electron chi connectivity index (χ3n) is 3.72. The van der Waals surface area contributed by atoms with Crippen LogP contribution in [0.15, 0.2) is 4.99 Å². The van der Waals surface area contributed by atoms with E-state index in [0.717, 1.165) is 18.1 Å². The molecule has 0 atom stereocenters. The standard InChI is InChI=1S/C13H21N5S/c14-13(18-7-3-1-2-4-8-18)15-9-11-16-17-12(19-11)10-5-6-10/h10H,1-9H2,(H2,14,15). The van der Waals surface area contributed by atoms with E-state index in [4.69, 9.17) is 5.73 Å². The van der Waals surface area contributed by atoms with E-state index in [-0.39, 0.29) is 0 Å². The van der Waals surface area contributed by atoms with Crippen molar-refractivity contribution in [2.45, 2.75) is 51.0 Å². The average Bonchev–Trinajstić information content (AvgIpc) is 3.21. The highest BCUT2D eigenvalue weighted by atomic mass is 32.1. The van der Waals surface area contributed by atoms with E-state index in [0.29, 0.717) is 18.4 Å². The van der Waals surface area contributed by atoms with E-state index < -0.39 is 0 Å². The van der Waals surface area contributed by atoms with Crippen LogP contribution in [0, 0.1) is 0 Å². The third kappa shape index (κ3) is 3.43. The first-order chi connectivity index (χ1) is 9.33. The van der Waals surface area contributed by atoms with Crippen LogP contribution < -0.4 is 5.73 Å². The summed E-state index contributed by atoms with van der Waals surface area (Å²) in [5.74, 6) is 1.35. The second kappa shape index (κ2) is 5.86. The van der Waals surface area contributed by atoms with Crippen LogP contribution in [-0.4, -0.2) is 34.1 Å². The first-order valence-corrected chi connectivity index (χ1v) is 8.02. The van der Waals surface area contributed by atoms with E-state index in [1.165, 1.54) is 43.5 Å². The number of guanidine groups is 1. The van der Waals surface area contributed by atoms with E-state index in [1.54, 1.807) is 11.3 Å². The van der Waals surface area contributed by atoms with Crippen LogP contribution in [0.25, 0.3) is 0 Å². The SMILES string of the molecule is NC(=NCc1nnc(C2CC2)s1)N1CCCCCC1. The van der Waals surface area contributed by atoms with Gasteiger partial charge in [0, 0.05) is 19.0 Å². The van der Waals surface area contributed by atoms with Gasteiger partial charge in [-0.3, -0.25) is 0 Å². The van der Waals surface area contributed by atoms with Gasteiger partial charge in [0.25, 0.3) is 0 Å². The number of nitrogens with zero attached hydrogens (tertiary/aromatic N) is 4. The normalized spacial score (nSPS) is 21.5. The van der Waals surface area contributed by atoms with Gasteiger partial charge in [0.2, 0.25) is 0 Å². The Morgan fingerprint density at radius 1 is 1.21 bits per heavy atom. The smallest absolute Gasteiger partial charge is 0.191 e. The minimum atomic E-state index is 0.576. The van der Waals surface area contributed by atoms with Crippen molar-refractivity contribution in [3.05, 3.63) is 10.0 Å². The lowest BCUT2D eigenvalue weighted by Gasteiger charge is -2.20. The number of rotatable bonds is 3. The number of aromatic nitrogens is 2. The molecule has 3 rings (SSSR count). The molecule has 1 aromatic rings. The predicted octanol–water partition coefficient (Wildman–Crippen LogP) is 2.11. The Balaban J connectivity index is 1.57. The van der Waals surface area contributed by atoms with E-state index in [1.807, 2.05) is 0 Å². The van der Waals surface area contributed by atoms with Crippen molar-refractivity contribution in [3.8, 4) is 0 Å². The first-order valence-electron chi connectivity index (χ1n) is 7.20. The van der Waals surface area contributed by atoms with E-state index in [2.05, 4.69) is 20.1 Å². The molecular formula is C13H21N5S. The van der Waals surface area contributed by atoms with Gasteiger partial charge in [0.1, 0.15) is 10.0 Å². The molecule has 0 spiro atoms. The molecule has 1 aromatic heterocycles. The van der Waals surface area contributed by atoms with Crippen LogP contribution in [0.5, 0.6) is 0 Å². The molecule has 5 nitrogen and oxygen atoms in total. The molecule has 2 fully saturated rings. The summed E-state index contributed by atoms with van der Waals surface area (Å²) >= 11 is 1.69. The molecule has 2 heterocycles. The Kier molecular flexibility index (Phi) is 3.96. The topological polar surface area (TPSA) is 67.4 Å². The molecule has 104 valence electrons. The molecular weight excluding hydrogens is 258 g/mol. The monoisotopic (exact) mass is 279 g/mol. The second-order valence-corrected chi connectivity index (χ2v) is 6.48. The lowest BCUT2D eigenvalue weighted by Crippen LogP contribution is -2.38. The summed E-state index contributed by atoms with van der Waals surface area (Å²) in [5.41, 5.74) is 6.08. The zero-order chi connectivity index (χ0) is 13.1. The minimum Gasteiger partial charge on any atom is -0.370 e. The van der Waals surface area contributed by atoms with Crippen molar-refractivity contribution in [1.29, 1.82) is 0 Å². The first kappa shape index (κ1) is 12.8. The summed E-state index contributed by atoms with van der Waals surface area (Å²) in [5, 5.41) is 10.6. The van der Waals surface area contributed by atoms with Gasteiger partial charge in [-0.25, -0.2) is 4.99 Å². The van der Waals surface area contributed by atoms with E-state index in [9.17, 15) is 0 Å². The van der Waals surface area contributed by atoms with Gasteiger partial charge in [0.05, 0.1) is 6.54 Å². The second-order valence-electron chi connectivity index (χ2n) is 5.38. The molecule has 1 saturated heterocycles. The summed E-state index contributed by atoms with van der Waals surface area (Å²) in [6, 6.07) is 0. The fourth-order valence-corrected chi connectivity index (χ4v) is 3.31. The fraction of sp³-hybridized carbons (Fsp3) is 0.769. The molecule has 0 bridgehead atoms. The highest BCUT2D eigenvalue weighted by Crippen LogP contribution is 2.41. The third-order valence-corrected chi connectivity index (χ3v) is 4.79. The van der Waals surface area contributed by atoms with Gasteiger partial charge in [-0.05, 0) is 25.7 Å². The molecule has 1 aliphatic heterocycles. The zero-order valence-corrected chi connectivity index (χ0v) is 12.0. The van der Waals surface area contributed by atoms with Crippen LogP contribution in [0.3, 0.4) is 0 Å². The van der Waals surface area contributed by atoms with Crippen LogP contribution >= 0.6 is 11.3 Å². The Hall–Kier alpha value is -1.17. The summed E-state index contributed by atoms with van der Waals surface area (Å²) < 4.78 is 0. The number of nitrogens with two attached hydrogens (primary N) is 1. The highest BCUT2D eigenvalue weighted by Gasteiger charge is 2.27. The van der Waals surface area contributed by atoms with Gasteiger partial charge in [0.15, 0.2) is 5.96 Å². The van der Waals surface area contributed by atoms with Crippen molar-refractivity contribution in [3.63, 3.8) is 0 Å². The molecule has 0 amide bonds. The van der Waals surface area contributed by atoms with Crippen LogP contribution in [0.2, 0.25) is 0 Å². The maximum Gasteiger partial charge on any atom is 0.191 e. The van der Waals surface area contributed by atoms with Gasteiger partial charge in [-0.1, -0.05) is 24.2 Å². The number of aliphatic imine (C=N–C) groups is 1. The number of hydrogen-bond acceptors (Lipinski definition) is 4. The molecule has 2 aliphatic rings. The van der Waals surface area contributed by atoms with Gasteiger partial charge >= 0.3 is 0 Å². The van der Waals surface area contributed by atoms with Crippen molar-refractivity contribution in [1.82, 2.24) is 15.1 Å². The Bertz CT molecular complexity index is 444. The van der Waals surface area contributed by atoms with Crippen LogP contribution in [0.4, 0.5) is 0 Å². The molecule has 0 unspecified atom stereocenters. The van der Waals surface area contributed by atoms with Crippen molar-refractivity contribution in [2.24, 2.45) is 10.7 Å². The fourth-order valence-electron chi connectivity index (χ4n) is 2.37. The maximum atomic E-state index is 6.08. The molecule has 6 heteroatoms. The van der Waals surface area contributed by atoms with Crippen molar-refractivity contribution >= 4 is 17.3 Å². The predicted molar refractivity (Wildman–Crippen MR) is 77.3 cm³/mol. The molecule has 0 radical (unpaired) electrons. The summed E-state index contributed by atoms with van der Waals surface area (Å²) in [6.07, 6.45) is 7.61. The quantitative estimate of drug-likeness (QED) is 0.679. The zero-order valence-electron chi connectivity index (χ0n) is 11.2. The van der Waals surface area contributed by atoms with Crippen molar-refractivity contribution < 1.29 is 0 Å². The van der Waals surface area contributed by atoms with Crippen LogP contribution in [-0.2, 0) is 6.54 Å². The molecule has 1 saturated carbocycles. The number of hydrogen-bond donors (Lipinski definition) is 1. The maximum absolute atomic E-state index is 6.08. The van der Waals surface area contributed by atoms with Crippen LogP contribution in [0.1, 0.15) is 54.5 Å². The lowest BCUT2D eigenvalue weighted by atomic mass is 10.2. The Morgan fingerprint density at radius 2 is 1.95 bits per heavy atom. The highest BCUT2D eigenvalue weighted by molar-refractivity contribution is 7.11. The lowest BCUT2D eigenvalue weighted by molar-refractivity contribution is 0.428. The van der Waals surface area contributed by atoms with Gasteiger partial charge < -0.3 is 10.6 Å². The van der Waals surface area contributed by atoms with Crippen molar-refractivity contribution in [2.75, 3.05) is 13.1 Å². The Morgan fingerprint density at radius 3 is 2.63 bits per heavy atom. The summed E-state index contributed by atoms with van der Waals surface area (Å²) in [4.78, 5) is 6.69. The largest absolute Gasteiger partial charge is 0.370 e. The minimum absolute atomic E-state index is 0.576. The molecule has 0 aromatic carbocycles. The van der Waals surface area contributed by atoms with E-state index >= 15 is 0 Å². The van der Waals surface area contributed by atoms with Gasteiger partial charge in [-0.2, -0.15) is 0 Å². The van der Waals surface area contributed by atoms with Gasteiger partial charge in [-0.15, -0.1) is 10.2 Å². The summed E-state index contributed by atoms with van der Waals surface area (Å²) in [6.45, 7) is 2.66. The number of likely N-dealkylation sites (tertiary alicyclic amines) is 1. The Labute approximate surface area is 117 Å². The molecule has 1 aliphatic carbocycles.